The molecule has 1 saturated carbocycles. The van der Waals surface area contributed by atoms with Gasteiger partial charge in [0.1, 0.15) is 5.75 Å². The first kappa shape index (κ1) is 16.2. The van der Waals surface area contributed by atoms with Crippen molar-refractivity contribution in [2.45, 2.75) is 38.8 Å². The number of ether oxygens (including phenoxy) is 1. The number of rotatable bonds is 5. The van der Waals surface area contributed by atoms with E-state index in [1.165, 1.54) is 18.6 Å². The van der Waals surface area contributed by atoms with Crippen LogP contribution in [0.4, 0.5) is 8.78 Å². The number of halogens is 2. The summed E-state index contributed by atoms with van der Waals surface area (Å²) in [6.45, 7) is -0.872. The third-order valence-corrected chi connectivity index (χ3v) is 5.07. The first-order valence-corrected chi connectivity index (χ1v) is 8.13. The van der Waals surface area contributed by atoms with Crippen LogP contribution in [0, 0.1) is 11.3 Å². The molecule has 1 aliphatic carbocycles. The number of carbonyl (C=O) groups excluding carboxylic acids is 1. The second-order valence-corrected chi connectivity index (χ2v) is 6.44. The Bertz CT molecular complexity index is 567. The maximum absolute atomic E-state index is 12.7. The summed E-state index contributed by atoms with van der Waals surface area (Å²) in [5.41, 5.74) is 0.459. The molecule has 2 N–H and O–H groups in total. The molecule has 3 rings (SSSR count). The van der Waals surface area contributed by atoms with Crippen LogP contribution >= 0.6 is 0 Å². The lowest BCUT2D eigenvalue weighted by Crippen LogP contribution is -2.47. The first-order chi connectivity index (χ1) is 11.1. The Morgan fingerprint density at radius 3 is 3.13 bits per heavy atom. The predicted molar refractivity (Wildman–Crippen MR) is 82.2 cm³/mol. The molecule has 2 aliphatic rings. The van der Waals surface area contributed by atoms with Crippen LogP contribution in [0.1, 0.15) is 31.2 Å². The lowest BCUT2D eigenvalue weighted by Gasteiger charge is -2.37. The van der Waals surface area contributed by atoms with E-state index in [-0.39, 0.29) is 17.1 Å². The average molecular weight is 324 g/mol. The highest BCUT2D eigenvalue weighted by atomic mass is 19.3. The second kappa shape index (κ2) is 6.83. The van der Waals surface area contributed by atoms with Crippen molar-refractivity contribution in [1.82, 2.24) is 10.6 Å². The van der Waals surface area contributed by atoms with Gasteiger partial charge in [-0.05, 0) is 43.0 Å². The van der Waals surface area contributed by atoms with Gasteiger partial charge in [0.2, 0.25) is 5.91 Å². The molecule has 1 aromatic rings. The summed E-state index contributed by atoms with van der Waals surface area (Å²) in [6, 6.07) is 6.46. The minimum atomic E-state index is -2.84. The summed E-state index contributed by atoms with van der Waals surface area (Å²) in [6.07, 6.45) is 4.29. The van der Waals surface area contributed by atoms with Crippen LogP contribution in [0.3, 0.4) is 0 Å². The SMILES string of the molecule is O=C(NCc1cccc(OC(F)F)c1)[C@@]12CCCC[C@H]1CNC2. The monoisotopic (exact) mass is 324 g/mol. The third-order valence-electron chi connectivity index (χ3n) is 5.07. The van der Waals surface area contributed by atoms with E-state index in [4.69, 9.17) is 0 Å². The first-order valence-electron chi connectivity index (χ1n) is 8.13. The van der Waals surface area contributed by atoms with Gasteiger partial charge in [-0.1, -0.05) is 25.0 Å². The summed E-state index contributed by atoms with van der Waals surface area (Å²) in [4.78, 5) is 12.7. The number of alkyl halides is 2. The molecule has 0 radical (unpaired) electrons. The van der Waals surface area contributed by atoms with Crippen molar-refractivity contribution in [3.05, 3.63) is 29.8 Å². The zero-order valence-electron chi connectivity index (χ0n) is 13.0. The molecule has 6 heteroatoms. The molecule has 2 fully saturated rings. The topological polar surface area (TPSA) is 50.4 Å². The van der Waals surface area contributed by atoms with Gasteiger partial charge in [-0.2, -0.15) is 8.78 Å². The molecule has 126 valence electrons. The van der Waals surface area contributed by atoms with E-state index in [1.807, 2.05) is 0 Å². The predicted octanol–water partition coefficient (Wildman–Crippen LogP) is 2.68. The highest BCUT2D eigenvalue weighted by Crippen LogP contribution is 2.43. The Balaban J connectivity index is 1.62. The normalized spacial score (nSPS) is 26.8. The fourth-order valence-corrected chi connectivity index (χ4v) is 3.88. The molecule has 1 aromatic carbocycles. The number of fused-ring (bicyclic) bond motifs is 1. The maximum atomic E-state index is 12.7. The van der Waals surface area contributed by atoms with Gasteiger partial charge in [-0.15, -0.1) is 0 Å². The number of benzene rings is 1. The quantitative estimate of drug-likeness (QED) is 0.875. The zero-order chi connectivity index (χ0) is 16.3. The summed E-state index contributed by atoms with van der Waals surface area (Å²) in [7, 11) is 0. The van der Waals surface area contributed by atoms with E-state index in [0.29, 0.717) is 12.5 Å². The van der Waals surface area contributed by atoms with E-state index in [0.717, 1.165) is 37.9 Å². The Kier molecular flexibility index (Phi) is 4.80. The molecule has 1 heterocycles. The molecule has 4 nitrogen and oxygen atoms in total. The second-order valence-electron chi connectivity index (χ2n) is 6.44. The number of hydrogen-bond donors (Lipinski definition) is 2. The highest BCUT2D eigenvalue weighted by Gasteiger charge is 2.49. The molecule has 1 aliphatic heterocycles. The lowest BCUT2D eigenvalue weighted by molar-refractivity contribution is -0.134. The summed E-state index contributed by atoms with van der Waals surface area (Å²) < 4.78 is 28.9. The zero-order valence-corrected chi connectivity index (χ0v) is 13.0. The van der Waals surface area contributed by atoms with Crippen LogP contribution in [0.5, 0.6) is 5.75 Å². The molecule has 0 aromatic heterocycles. The molecule has 0 bridgehead atoms. The van der Waals surface area contributed by atoms with Gasteiger partial charge in [-0.25, -0.2) is 0 Å². The van der Waals surface area contributed by atoms with Crippen molar-refractivity contribution < 1.29 is 18.3 Å². The Labute approximate surface area is 134 Å². The molecular weight excluding hydrogens is 302 g/mol. The fraction of sp³-hybridized carbons (Fsp3) is 0.588. The van der Waals surface area contributed by atoms with Gasteiger partial charge in [-0.3, -0.25) is 4.79 Å². The van der Waals surface area contributed by atoms with Crippen molar-refractivity contribution >= 4 is 5.91 Å². The Hall–Kier alpha value is -1.69. The summed E-state index contributed by atoms with van der Waals surface area (Å²) >= 11 is 0. The van der Waals surface area contributed by atoms with Gasteiger partial charge in [0, 0.05) is 13.1 Å². The van der Waals surface area contributed by atoms with Gasteiger partial charge in [0.15, 0.2) is 0 Å². The van der Waals surface area contributed by atoms with Gasteiger partial charge < -0.3 is 15.4 Å². The van der Waals surface area contributed by atoms with Gasteiger partial charge >= 0.3 is 6.61 Å². The lowest BCUT2D eigenvalue weighted by atomic mass is 9.67. The highest BCUT2D eigenvalue weighted by molar-refractivity contribution is 5.83. The van der Waals surface area contributed by atoms with Crippen LogP contribution < -0.4 is 15.4 Å². The van der Waals surface area contributed by atoms with Crippen LogP contribution in [-0.2, 0) is 11.3 Å². The molecule has 23 heavy (non-hydrogen) atoms. The standard InChI is InChI=1S/C17H22F2N2O2/c18-16(19)23-14-6-3-4-12(8-14)9-21-15(22)17-7-2-1-5-13(17)10-20-11-17/h3-4,6,8,13,16,20H,1-2,5,7,9-11H2,(H,21,22)/t13-,17+/m0/s1. The van der Waals surface area contributed by atoms with Gasteiger partial charge in [0.25, 0.3) is 0 Å². The van der Waals surface area contributed by atoms with E-state index < -0.39 is 6.61 Å². The molecule has 2 atom stereocenters. The molecular formula is C17H22F2N2O2. The minimum absolute atomic E-state index is 0.0763. The van der Waals surface area contributed by atoms with Crippen molar-refractivity contribution in [2.24, 2.45) is 11.3 Å². The van der Waals surface area contributed by atoms with Crippen molar-refractivity contribution in [3.63, 3.8) is 0 Å². The van der Waals surface area contributed by atoms with E-state index in [9.17, 15) is 13.6 Å². The van der Waals surface area contributed by atoms with Crippen molar-refractivity contribution in [1.29, 1.82) is 0 Å². The van der Waals surface area contributed by atoms with Crippen molar-refractivity contribution in [2.75, 3.05) is 13.1 Å². The smallest absolute Gasteiger partial charge is 0.387 e. The largest absolute Gasteiger partial charge is 0.435 e. The van der Waals surface area contributed by atoms with Crippen LogP contribution in [0.15, 0.2) is 24.3 Å². The fourth-order valence-electron chi connectivity index (χ4n) is 3.88. The van der Waals surface area contributed by atoms with Gasteiger partial charge in [0.05, 0.1) is 5.41 Å². The molecule has 1 saturated heterocycles. The molecule has 0 unspecified atom stereocenters. The average Bonchev–Trinajstić information content (AvgIpc) is 2.97. The minimum Gasteiger partial charge on any atom is -0.435 e. The Morgan fingerprint density at radius 2 is 2.30 bits per heavy atom. The number of amides is 1. The molecule has 1 amide bonds. The third kappa shape index (κ3) is 3.47. The van der Waals surface area contributed by atoms with E-state index in [2.05, 4.69) is 15.4 Å². The molecule has 0 spiro atoms. The maximum Gasteiger partial charge on any atom is 0.387 e. The number of nitrogens with one attached hydrogen (secondary N) is 2. The van der Waals surface area contributed by atoms with Crippen LogP contribution in [0.2, 0.25) is 0 Å². The number of carbonyl (C=O) groups is 1. The number of hydrogen-bond acceptors (Lipinski definition) is 3. The van der Waals surface area contributed by atoms with E-state index >= 15 is 0 Å². The van der Waals surface area contributed by atoms with Crippen LogP contribution in [0.25, 0.3) is 0 Å². The summed E-state index contributed by atoms with van der Waals surface area (Å²) in [5.74, 6) is 0.597. The summed E-state index contributed by atoms with van der Waals surface area (Å²) in [5, 5.41) is 6.34. The Morgan fingerprint density at radius 1 is 1.43 bits per heavy atom. The van der Waals surface area contributed by atoms with E-state index in [1.54, 1.807) is 12.1 Å². The van der Waals surface area contributed by atoms with Crippen LogP contribution in [-0.4, -0.2) is 25.6 Å². The van der Waals surface area contributed by atoms with Crippen molar-refractivity contribution in [3.8, 4) is 5.75 Å².